The van der Waals surface area contributed by atoms with Crippen molar-refractivity contribution in [1.82, 2.24) is 5.32 Å². The number of benzene rings is 2. The molecular formula is C20H25NO3. The Morgan fingerprint density at radius 2 is 1.92 bits per heavy atom. The van der Waals surface area contributed by atoms with Crippen molar-refractivity contribution in [1.29, 1.82) is 0 Å². The van der Waals surface area contributed by atoms with Crippen LogP contribution in [0.2, 0.25) is 0 Å². The first-order valence-electron chi connectivity index (χ1n) is 8.32. The number of ether oxygens (including phenoxy) is 1. The van der Waals surface area contributed by atoms with Gasteiger partial charge in [-0.25, -0.2) is 0 Å². The molecule has 4 nitrogen and oxygen atoms in total. The number of hydrogen-bond donors (Lipinski definition) is 2. The monoisotopic (exact) mass is 327 g/mol. The summed E-state index contributed by atoms with van der Waals surface area (Å²) in [4.78, 5) is 11.8. The van der Waals surface area contributed by atoms with Crippen LogP contribution in [0.5, 0.6) is 5.75 Å². The Hall–Kier alpha value is -2.33. The normalized spacial score (nSPS) is 13.1. The van der Waals surface area contributed by atoms with Gasteiger partial charge in [0.05, 0.1) is 6.10 Å². The van der Waals surface area contributed by atoms with E-state index in [-0.39, 0.29) is 18.4 Å². The van der Waals surface area contributed by atoms with Crippen LogP contribution in [0.3, 0.4) is 0 Å². The molecule has 0 saturated heterocycles. The standard InChI is InChI=1S/C20H25NO3/c1-3-15(2)20(23)21-13-19(22)17-10-7-11-18(12-17)24-14-16-8-5-4-6-9-16/h4-12,15,19,22H,3,13-14H2,1-2H3,(H,21,23). The lowest BCUT2D eigenvalue weighted by Gasteiger charge is -2.15. The van der Waals surface area contributed by atoms with Gasteiger partial charge >= 0.3 is 0 Å². The molecule has 0 aliphatic heterocycles. The summed E-state index contributed by atoms with van der Waals surface area (Å²) < 4.78 is 5.77. The van der Waals surface area contributed by atoms with Crippen LogP contribution >= 0.6 is 0 Å². The average molecular weight is 327 g/mol. The Labute approximate surface area is 143 Å². The fourth-order valence-electron chi connectivity index (χ4n) is 2.23. The summed E-state index contributed by atoms with van der Waals surface area (Å²) in [5.41, 5.74) is 1.81. The predicted molar refractivity (Wildman–Crippen MR) is 94.6 cm³/mol. The molecule has 4 heteroatoms. The predicted octanol–water partition coefficient (Wildman–Crippen LogP) is 3.46. The number of aliphatic hydroxyl groups is 1. The van der Waals surface area contributed by atoms with Gasteiger partial charge in [-0.1, -0.05) is 56.3 Å². The molecule has 0 aliphatic carbocycles. The molecule has 0 fully saturated rings. The maximum atomic E-state index is 11.8. The first-order valence-corrected chi connectivity index (χ1v) is 8.32. The molecule has 128 valence electrons. The van der Waals surface area contributed by atoms with E-state index < -0.39 is 6.10 Å². The van der Waals surface area contributed by atoms with Crippen molar-refractivity contribution >= 4 is 5.91 Å². The van der Waals surface area contributed by atoms with Gasteiger partial charge in [0.1, 0.15) is 12.4 Å². The van der Waals surface area contributed by atoms with E-state index in [0.29, 0.717) is 12.4 Å². The van der Waals surface area contributed by atoms with E-state index in [2.05, 4.69) is 5.32 Å². The topological polar surface area (TPSA) is 58.6 Å². The first kappa shape index (κ1) is 18.0. The van der Waals surface area contributed by atoms with Crippen molar-refractivity contribution in [3.8, 4) is 5.75 Å². The highest BCUT2D eigenvalue weighted by molar-refractivity contribution is 5.78. The van der Waals surface area contributed by atoms with Crippen LogP contribution < -0.4 is 10.1 Å². The fourth-order valence-corrected chi connectivity index (χ4v) is 2.23. The van der Waals surface area contributed by atoms with E-state index in [4.69, 9.17) is 4.74 Å². The Morgan fingerprint density at radius 3 is 2.62 bits per heavy atom. The van der Waals surface area contributed by atoms with E-state index in [1.54, 1.807) is 0 Å². The number of hydrogen-bond acceptors (Lipinski definition) is 3. The Bertz CT molecular complexity index is 642. The number of rotatable bonds is 8. The molecule has 2 aromatic rings. The molecule has 0 bridgehead atoms. The minimum Gasteiger partial charge on any atom is -0.489 e. The zero-order chi connectivity index (χ0) is 17.4. The molecule has 2 rings (SSSR count). The van der Waals surface area contributed by atoms with Crippen molar-refractivity contribution in [3.63, 3.8) is 0 Å². The third-order valence-electron chi connectivity index (χ3n) is 4.02. The lowest BCUT2D eigenvalue weighted by atomic mass is 10.1. The van der Waals surface area contributed by atoms with Gasteiger partial charge in [0.25, 0.3) is 0 Å². The highest BCUT2D eigenvalue weighted by atomic mass is 16.5. The summed E-state index contributed by atoms with van der Waals surface area (Å²) in [6.07, 6.45) is 0.0309. The summed E-state index contributed by atoms with van der Waals surface area (Å²) in [6.45, 7) is 4.52. The fraction of sp³-hybridized carbons (Fsp3) is 0.350. The van der Waals surface area contributed by atoms with Gasteiger partial charge in [-0.15, -0.1) is 0 Å². The second-order valence-corrected chi connectivity index (χ2v) is 5.92. The Balaban J connectivity index is 1.90. The van der Waals surface area contributed by atoms with Crippen LogP contribution in [-0.2, 0) is 11.4 Å². The second kappa shape index (κ2) is 9.08. The van der Waals surface area contributed by atoms with E-state index in [1.807, 2.05) is 68.4 Å². The van der Waals surface area contributed by atoms with Crippen LogP contribution in [0.4, 0.5) is 0 Å². The van der Waals surface area contributed by atoms with Crippen molar-refractivity contribution < 1.29 is 14.6 Å². The van der Waals surface area contributed by atoms with E-state index in [1.165, 1.54) is 0 Å². The zero-order valence-corrected chi connectivity index (χ0v) is 14.2. The molecular weight excluding hydrogens is 302 g/mol. The largest absolute Gasteiger partial charge is 0.489 e. The maximum Gasteiger partial charge on any atom is 0.222 e. The average Bonchev–Trinajstić information content (AvgIpc) is 2.64. The SMILES string of the molecule is CCC(C)C(=O)NCC(O)c1cccc(OCc2ccccc2)c1. The molecule has 0 aliphatic rings. The number of aliphatic hydroxyl groups excluding tert-OH is 1. The molecule has 0 aromatic heterocycles. The molecule has 0 heterocycles. The minimum atomic E-state index is -0.752. The van der Waals surface area contributed by atoms with Crippen LogP contribution in [0.1, 0.15) is 37.5 Å². The summed E-state index contributed by atoms with van der Waals surface area (Å²) in [7, 11) is 0. The molecule has 0 saturated carbocycles. The molecule has 24 heavy (non-hydrogen) atoms. The Kier molecular flexibility index (Phi) is 6.82. The van der Waals surface area contributed by atoms with Crippen LogP contribution in [0.25, 0.3) is 0 Å². The van der Waals surface area contributed by atoms with Gasteiger partial charge in [-0.05, 0) is 29.7 Å². The Morgan fingerprint density at radius 1 is 1.17 bits per heavy atom. The third-order valence-corrected chi connectivity index (χ3v) is 4.02. The van der Waals surface area contributed by atoms with Crippen molar-refractivity contribution in [3.05, 3.63) is 65.7 Å². The minimum absolute atomic E-state index is 0.0342. The number of amides is 1. The summed E-state index contributed by atoms with van der Waals surface area (Å²) in [5.74, 6) is 0.620. The smallest absolute Gasteiger partial charge is 0.222 e. The maximum absolute atomic E-state index is 11.8. The lowest BCUT2D eigenvalue weighted by Crippen LogP contribution is -2.32. The van der Waals surface area contributed by atoms with Gasteiger partial charge in [0, 0.05) is 12.5 Å². The second-order valence-electron chi connectivity index (χ2n) is 5.92. The van der Waals surface area contributed by atoms with E-state index in [9.17, 15) is 9.90 Å². The zero-order valence-electron chi connectivity index (χ0n) is 14.2. The molecule has 2 unspecified atom stereocenters. The highest BCUT2D eigenvalue weighted by Gasteiger charge is 2.14. The lowest BCUT2D eigenvalue weighted by molar-refractivity contribution is -0.125. The summed E-state index contributed by atoms with van der Waals surface area (Å²) in [6, 6.07) is 17.3. The van der Waals surface area contributed by atoms with Crippen molar-refractivity contribution in [2.45, 2.75) is 33.0 Å². The number of nitrogens with one attached hydrogen (secondary N) is 1. The van der Waals surface area contributed by atoms with Gasteiger partial charge in [0.2, 0.25) is 5.91 Å². The molecule has 1 amide bonds. The van der Waals surface area contributed by atoms with Crippen molar-refractivity contribution in [2.24, 2.45) is 5.92 Å². The van der Waals surface area contributed by atoms with E-state index in [0.717, 1.165) is 17.5 Å². The van der Waals surface area contributed by atoms with Gasteiger partial charge in [0.15, 0.2) is 0 Å². The molecule has 2 aromatic carbocycles. The molecule has 0 spiro atoms. The molecule has 2 atom stereocenters. The quantitative estimate of drug-likeness (QED) is 0.780. The molecule has 0 radical (unpaired) electrons. The first-order chi connectivity index (χ1) is 11.6. The third kappa shape index (κ3) is 5.39. The van der Waals surface area contributed by atoms with Gasteiger partial charge < -0.3 is 15.2 Å². The van der Waals surface area contributed by atoms with Crippen LogP contribution in [-0.4, -0.2) is 17.6 Å². The summed E-state index contributed by atoms with van der Waals surface area (Å²) >= 11 is 0. The van der Waals surface area contributed by atoms with E-state index >= 15 is 0 Å². The van der Waals surface area contributed by atoms with Gasteiger partial charge in [-0.2, -0.15) is 0 Å². The van der Waals surface area contributed by atoms with Crippen molar-refractivity contribution in [2.75, 3.05) is 6.54 Å². The van der Waals surface area contributed by atoms with Crippen LogP contribution in [0, 0.1) is 5.92 Å². The summed E-state index contributed by atoms with van der Waals surface area (Å²) in [5, 5.41) is 13.0. The van der Waals surface area contributed by atoms with Crippen LogP contribution in [0.15, 0.2) is 54.6 Å². The van der Waals surface area contributed by atoms with Gasteiger partial charge in [-0.3, -0.25) is 4.79 Å². The number of carbonyl (C=O) groups is 1. The highest BCUT2D eigenvalue weighted by Crippen LogP contribution is 2.20. The number of carbonyl (C=O) groups excluding carboxylic acids is 1. The molecule has 2 N–H and O–H groups in total.